The number of benzene rings is 1. The Hall–Kier alpha value is -1.89. The van der Waals surface area contributed by atoms with Crippen LogP contribution >= 0.6 is 0 Å². The van der Waals surface area contributed by atoms with Gasteiger partial charge in [-0.2, -0.15) is 0 Å². The number of aliphatic hydroxyl groups excluding tert-OH is 1. The molecule has 0 saturated heterocycles. The summed E-state index contributed by atoms with van der Waals surface area (Å²) in [5.41, 5.74) is 6.38. The first kappa shape index (κ1) is 14.2. The van der Waals surface area contributed by atoms with Crippen LogP contribution in [0.5, 0.6) is 0 Å². The van der Waals surface area contributed by atoms with E-state index in [-0.39, 0.29) is 17.3 Å². The van der Waals surface area contributed by atoms with Crippen molar-refractivity contribution in [1.82, 2.24) is 5.32 Å². The third-order valence-electron chi connectivity index (χ3n) is 2.31. The van der Waals surface area contributed by atoms with Gasteiger partial charge in [-0.05, 0) is 18.2 Å². The molecule has 5 nitrogen and oxygen atoms in total. The van der Waals surface area contributed by atoms with E-state index < -0.39 is 19.1 Å². The van der Waals surface area contributed by atoms with E-state index in [2.05, 4.69) is 10.6 Å². The number of carbonyl (C=O) groups excluding carboxylic acids is 1. The minimum Gasteiger partial charge on any atom is -0.397 e. The number of anilines is 2. The third kappa shape index (κ3) is 3.56. The molecule has 5 N–H and O–H groups in total. The molecule has 0 bridgehead atoms. The Bertz CT molecular complexity index is 438. The molecular formula is C11H15F2N3O2. The van der Waals surface area contributed by atoms with Crippen molar-refractivity contribution < 1.29 is 18.7 Å². The average Bonchev–Trinajstić information content (AvgIpc) is 2.37. The van der Waals surface area contributed by atoms with Crippen molar-refractivity contribution in [3.63, 3.8) is 0 Å². The van der Waals surface area contributed by atoms with Crippen molar-refractivity contribution in [2.75, 3.05) is 31.2 Å². The standard InChI is InChI=1S/C11H15F2N3O2/c1-15-10(18)7-2-3-8(14)9(4-7)16-5-11(12,13)6-17/h2-4,16-17H,5-6,14H2,1H3,(H,15,18). The molecule has 0 radical (unpaired) electrons. The van der Waals surface area contributed by atoms with Crippen LogP contribution in [0.3, 0.4) is 0 Å². The number of carbonyl (C=O) groups is 1. The highest BCUT2D eigenvalue weighted by molar-refractivity contribution is 5.96. The zero-order valence-electron chi connectivity index (χ0n) is 9.84. The molecule has 1 amide bonds. The van der Waals surface area contributed by atoms with Crippen LogP contribution in [-0.2, 0) is 0 Å². The van der Waals surface area contributed by atoms with Crippen LogP contribution in [0, 0.1) is 0 Å². The summed E-state index contributed by atoms with van der Waals surface area (Å²) in [5.74, 6) is -3.58. The first-order chi connectivity index (χ1) is 8.39. The number of aliphatic hydroxyl groups is 1. The quantitative estimate of drug-likeness (QED) is 0.585. The molecule has 0 fully saturated rings. The van der Waals surface area contributed by atoms with E-state index in [1.54, 1.807) is 0 Å². The van der Waals surface area contributed by atoms with Crippen LogP contribution in [-0.4, -0.2) is 37.1 Å². The molecule has 0 unspecified atom stereocenters. The molecule has 0 aliphatic rings. The van der Waals surface area contributed by atoms with Crippen LogP contribution in [0.4, 0.5) is 20.2 Å². The SMILES string of the molecule is CNC(=O)c1ccc(N)c(NCC(F)(F)CO)c1. The monoisotopic (exact) mass is 259 g/mol. The molecule has 0 aliphatic heterocycles. The van der Waals surface area contributed by atoms with E-state index in [1.165, 1.54) is 25.2 Å². The van der Waals surface area contributed by atoms with E-state index >= 15 is 0 Å². The second-order valence-electron chi connectivity index (χ2n) is 3.75. The average molecular weight is 259 g/mol. The number of nitrogens with two attached hydrogens (primary N) is 1. The third-order valence-corrected chi connectivity index (χ3v) is 2.31. The zero-order valence-corrected chi connectivity index (χ0v) is 9.84. The Kier molecular flexibility index (Phi) is 4.43. The number of nitrogens with one attached hydrogen (secondary N) is 2. The second kappa shape index (κ2) is 5.63. The number of nitrogen functional groups attached to an aromatic ring is 1. The van der Waals surface area contributed by atoms with Crippen molar-refractivity contribution in [3.8, 4) is 0 Å². The fourth-order valence-electron chi connectivity index (χ4n) is 1.28. The minimum atomic E-state index is -3.24. The lowest BCUT2D eigenvalue weighted by Gasteiger charge is -2.16. The highest BCUT2D eigenvalue weighted by atomic mass is 19.3. The number of hydrogen-bond donors (Lipinski definition) is 4. The number of amides is 1. The molecule has 0 heterocycles. The first-order valence-electron chi connectivity index (χ1n) is 5.24. The van der Waals surface area contributed by atoms with Gasteiger partial charge in [0.1, 0.15) is 6.61 Å². The summed E-state index contributed by atoms with van der Waals surface area (Å²) in [6.45, 7) is -2.01. The van der Waals surface area contributed by atoms with E-state index in [0.717, 1.165) is 0 Å². The Morgan fingerprint density at radius 1 is 1.50 bits per heavy atom. The maximum absolute atomic E-state index is 12.9. The summed E-state index contributed by atoms with van der Waals surface area (Å²) in [7, 11) is 1.46. The molecule has 7 heteroatoms. The van der Waals surface area contributed by atoms with Crippen molar-refractivity contribution in [2.45, 2.75) is 5.92 Å². The molecule has 100 valence electrons. The lowest BCUT2D eigenvalue weighted by Crippen LogP contribution is -2.31. The molecular weight excluding hydrogens is 244 g/mol. The smallest absolute Gasteiger partial charge is 0.287 e. The summed E-state index contributed by atoms with van der Waals surface area (Å²) >= 11 is 0. The second-order valence-corrected chi connectivity index (χ2v) is 3.75. The normalized spacial score (nSPS) is 11.1. The molecule has 0 atom stereocenters. The number of alkyl halides is 2. The first-order valence-corrected chi connectivity index (χ1v) is 5.24. The van der Waals surface area contributed by atoms with E-state index in [0.29, 0.717) is 5.56 Å². The number of rotatable bonds is 5. The molecule has 18 heavy (non-hydrogen) atoms. The molecule has 0 saturated carbocycles. The summed E-state index contributed by atoms with van der Waals surface area (Å²) in [5, 5.41) is 13.3. The summed E-state index contributed by atoms with van der Waals surface area (Å²) < 4.78 is 25.7. The summed E-state index contributed by atoms with van der Waals surface area (Å²) in [6.07, 6.45) is 0. The molecule has 0 aliphatic carbocycles. The van der Waals surface area contributed by atoms with Gasteiger partial charge in [-0.25, -0.2) is 8.78 Å². The van der Waals surface area contributed by atoms with Gasteiger partial charge in [0.25, 0.3) is 11.8 Å². The van der Waals surface area contributed by atoms with Gasteiger partial charge in [0, 0.05) is 12.6 Å². The lowest BCUT2D eigenvalue weighted by molar-refractivity contribution is -0.0372. The largest absolute Gasteiger partial charge is 0.397 e. The fourth-order valence-corrected chi connectivity index (χ4v) is 1.28. The van der Waals surface area contributed by atoms with Crippen molar-refractivity contribution >= 4 is 17.3 Å². The van der Waals surface area contributed by atoms with Crippen LogP contribution < -0.4 is 16.4 Å². The van der Waals surface area contributed by atoms with Crippen molar-refractivity contribution in [3.05, 3.63) is 23.8 Å². The van der Waals surface area contributed by atoms with Gasteiger partial charge in [0.2, 0.25) is 0 Å². The van der Waals surface area contributed by atoms with Gasteiger partial charge in [-0.15, -0.1) is 0 Å². The molecule has 1 aromatic rings. The van der Waals surface area contributed by atoms with Crippen LogP contribution in [0.15, 0.2) is 18.2 Å². The van der Waals surface area contributed by atoms with Crippen molar-refractivity contribution in [1.29, 1.82) is 0 Å². The highest BCUT2D eigenvalue weighted by Crippen LogP contribution is 2.22. The predicted octanol–water partition coefficient (Wildman–Crippen LogP) is 0.668. The van der Waals surface area contributed by atoms with Gasteiger partial charge in [-0.1, -0.05) is 0 Å². The fraction of sp³-hybridized carbons (Fsp3) is 0.364. The van der Waals surface area contributed by atoms with E-state index in [9.17, 15) is 13.6 Å². The van der Waals surface area contributed by atoms with Gasteiger partial charge in [-0.3, -0.25) is 4.79 Å². The van der Waals surface area contributed by atoms with E-state index in [4.69, 9.17) is 10.8 Å². The molecule has 0 spiro atoms. The molecule has 1 aromatic carbocycles. The van der Waals surface area contributed by atoms with Crippen LogP contribution in [0.25, 0.3) is 0 Å². The minimum absolute atomic E-state index is 0.226. The van der Waals surface area contributed by atoms with Crippen molar-refractivity contribution in [2.24, 2.45) is 0 Å². The Balaban J connectivity index is 2.85. The molecule has 0 aromatic heterocycles. The van der Waals surface area contributed by atoms with Gasteiger partial charge >= 0.3 is 0 Å². The van der Waals surface area contributed by atoms with Gasteiger partial charge in [0.15, 0.2) is 0 Å². The summed E-state index contributed by atoms with van der Waals surface area (Å²) in [4.78, 5) is 11.4. The lowest BCUT2D eigenvalue weighted by atomic mass is 10.1. The summed E-state index contributed by atoms with van der Waals surface area (Å²) in [6, 6.07) is 4.31. The number of hydrogen-bond acceptors (Lipinski definition) is 4. The Morgan fingerprint density at radius 2 is 2.17 bits per heavy atom. The Morgan fingerprint density at radius 3 is 2.72 bits per heavy atom. The van der Waals surface area contributed by atoms with Crippen LogP contribution in [0.2, 0.25) is 0 Å². The maximum Gasteiger partial charge on any atom is 0.287 e. The zero-order chi connectivity index (χ0) is 13.8. The van der Waals surface area contributed by atoms with Gasteiger partial charge < -0.3 is 21.5 Å². The van der Waals surface area contributed by atoms with E-state index in [1.807, 2.05) is 0 Å². The maximum atomic E-state index is 12.9. The highest BCUT2D eigenvalue weighted by Gasteiger charge is 2.27. The molecule has 1 rings (SSSR count). The topological polar surface area (TPSA) is 87.4 Å². The van der Waals surface area contributed by atoms with Gasteiger partial charge in [0.05, 0.1) is 17.9 Å². The van der Waals surface area contributed by atoms with Crippen LogP contribution in [0.1, 0.15) is 10.4 Å². The Labute approximate surface area is 103 Å². The predicted molar refractivity (Wildman–Crippen MR) is 64.8 cm³/mol. The number of halogens is 2.